The van der Waals surface area contributed by atoms with Gasteiger partial charge in [-0.05, 0) is 96.5 Å². The van der Waals surface area contributed by atoms with Crippen LogP contribution in [0.4, 0.5) is 5.69 Å². The second-order valence-corrected chi connectivity index (χ2v) is 11.4. The lowest BCUT2D eigenvalue weighted by Crippen LogP contribution is -2.19. The Labute approximate surface area is 222 Å². The van der Waals surface area contributed by atoms with E-state index in [4.69, 9.17) is 8.92 Å². The molecule has 1 heterocycles. The first-order chi connectivity index (χ1) is 17.1. The van der Waals surface area contributed by atoms with E-state index in [1.165, 1.54) is 23.9 Å². The van der Waals surface area contributed by atoms with Gasteiger partial charge in [-0.1, -0.05) is 35.4 Å². The number of ether oxygens (including phenoxy) is 1. The minimum absolute atomic E-state index is 0.0322. The van der Waals surface area contributed by atoms with E-state index in [-0.39, 0.29) is 28.9 Å². The minimum Gasteiger partial charge on any atom is -0.490 e. The van der Waals surface area contributed by atoms with E-state index < -0.39 is 10.1 Å². The van der Waals surface area contributed by atoms with Crippen molar-refractivity contribution in [3.05, 3.63) is 86.7 Å². The fourth-order valence-corrected chi connectivity index (χ4v) is 5.69. The second kappa shape index (κ2) is 10.9. The molecule has 1 saturated heterocycles. The maximum atomic E-state index is 12.9. The molecule has 186 valence electrons. The third-order valence-corrected chi connectivity index (χ3v) is 7.78. The summed E-state index contributed by atoms with van der Waals surface area (Å²) in [5.74, 6) is -0.0155. The van der Waals surface area contributed by atoms with E-state index in [2.05, 4.69) is 26.2 Å². The second-order valence-electron chi connectivity index (χ2n) is 7.93. The van der Waals surface area contributed by atoms with Gasteiger partial charge in [-0.15, -0.1) is 0 Å². The monoisotopic (exact) mass is 586 g/mol. The van der Waals surface area contributed by atoms with Crippen LogP contribution >= 0.6 is 27.7 Å². The zero-order valence-electron chi connectivity index (χ0n) is 19.7. The quantitative estimate of drug-likeness (QED) is 0.264. The molecule has 0 bridgehead atoms. The lowest BCUT2D eigenvalue weighted by Gasteiger charge is -2.14. The number of hydrogen-bond acceptors (Lipinski definition) is 7. The average Bonchev–Trinajstić information content (AvgIpc) is 3.16. The molecule has 0 atom stereocenters. The zero-order chi connectivity index (χ0) is 25.9. The Bertz CT molecular complexity index is 1470. The van der Waals surface area contributed by atoms with E-state index in [1.807, 2.05) is 38.1 Å². The van der Waals surface area contributed by atoms with Crippen molar-refractivity contribution in [3.63, 3.8) is 0 Å². The highest BCUT2D eigenvalue weighted by atomic mass is 79.9. The number of amides is 1. The molecule has 10 heteroatoms. The number of hydrogen-bond donors (Lipinski definition) is 1. The Hall–Kier alpha value is -3.08. The predicted molar refractivity (Wildman–Crippen MR) is 146 cm³/mol. The first kappa shape index (κ1) is 26.0. The number of aryl methyl sites for hydroxylation is 2. The highest BCUT2D eigenvalue weighted by Gasteiger charge is 2.25. The van der Waals surface area contributed by atoms with Crippen LogP contribution in [0.15, 0.2) is 79.9 Å². The van der Waals surface area contributed by atoms with Gasteiger partial charge in [0.25, 0.3) is 5.91 Å². The third kappa shape index (κ3) is 6.18. The largest absolute Gasteiger partial charge is 0.490 e. The zero-order valence-corrected chi connectivity index (χ0v) is 23.0. The summed E-state index contributed by atoms with van der Waals surface area (Å²) in [6, 6.07) is 17.3. The van der Waals surface area contributed by atoms with Crippen molar-refractivity contribution < 1.29 is 22.1 Å². The van der Waals surface area contributed by atoms with Crippen LogP contribution in [0.1, 0.15) is 23.6 Å². The van der Waals surface area contributed by atoms with E-state index in [0.29, 0.717) is 20.1 Å². The summed E-state index contributed by atoms with van der Waals surface area (Å²) in [5, 5.41) is 3.24. The molecule has 1 amide bonds. The van der Waals surface area contributed by atoms with Crippen LogP contribution in [0, 0.1) is 13.8 Å². The van der Waals surface area contributed by atoms with Crippen LogP contribution in [0.25, 0.3) is 6.08 Å². The Morgan fingerprint density at radius 1 is 1.03 bits per heavy atom. The molecule has 0 radical (unpaired) electrons. The SMILES string of the molecule is CCOc1cc(/C=C2\SC(=Nc3ccc(C)cc3)NC2=O)cc(Br)c1OS(=O)(=O)c1ccc(C)cc1. The summed E-state index contributed by atoms with van der Waals surface area (Å²) in [6.45, 7) is 5.93. The van der Waals surface area contributed by atoms with E-state index >= 15 is 0 Å². The maximum Gasteiger partial charge on any atom is 0.339 e. The van der Waals surface area contributed by atoms with Crippen LogP contribution in [-0.2, 0) is 14.9 Å². The van der Waals surface area contributed by atoms with Crippen molar-refractivity contribution in [2.24, 2.45) is 4.99 Å². The Balaban J connectivity index is 1.62. The third-order valence-electron chi connectivity index (χ3n) is 5.05. The minimum atomic E-state index is -4.09. The molecule has 0 spiro atoms. The topological polar surface area (TPSA) is 94.1 Å². The van der Waals surface area contributed by atoms with E-state index in [9.17, 15) is 13.2 Å². The number of rotatable bonds is 7. The molecule has 1 aliphatic rings. The molecule has 1 fully saturated rings. The van der Waals surface area contributed by atoms with Crippen LogP contribution in [-0.4, -0.2) is 26.1 Å². The fourth-order valence-electron chi connectivity index (χ4n) is 3.25. The van der Waals surface area contributed by atoms with Crippen molar-refractivity contribution in [1.82, 2.24) is 5.32 Å². The molecule has 0 aliphatic carbocycles. The standard InChI is InChI=1S/C26H23BrN2O5S2/c1-4-33-22-14-18(13-21(27)24(22)34-36(31,32)20-11-7-17(3)8-12-20)15-23-25(30)29-26(35-23)28-19-9-5-16(2)6-10-19/h5-15H,4H2,1-3H3,(H,28,29,30)/b23-15-. The lowest BCUT2D eigenvalue weighted by atomic mass is 10.2. The predicted octanol–water partition coefficient (Wildman–Crippen LogP) is 6.12. The number of aliphatic imine (C=N–C) groups is 1. The molecule has 0 unspecified atom stereocenters. The highest BCUT2D eigenvalue weighted by molar-refractivity contribution is 9.10. The van der Waals surface area contributed by atoms with Crippen molar-refractivity contribution in [2.75, 3.05) is 6.61 Å². The molecule has 7 nitrogen and oxygen atoms in total. The lowest BCUT2D eigenvalue weighted by molar-refractivity contribution is -0.115. The van der Waals surface area contributed by atoms with Gasteiger partial charge in [-0.2, -0.15) is 8.42 Å². The summed E-state index contributed by atoms with van der Waals surface area (Å²) >= 11 is 4.62. The molecule has 0 saturated carbocycles. The molecule has 3 aromatic carbocycles. The van der Waals surface area contributed by atoms with Gasteiger partial charge in [0, 0.05) is 0 Å². The Morgan fingerprint density at radius 3 is 2.31 bits per heavy atom. The van der Waals surface area contributed by atoms with E-state index in [0.717, 1.165) is 16.8 Å². The van der Waals surface area contributed by atoms with Crippen molar-refractivity contribution in [3.8, 4) is 11.5 Å². The van der Waals surface area contributed by atoms with Gasteiger partial charge in [-0.3, -0.25) is 4.79 Å². The highest BCUT2D eigenvalue weighted by Crippen LogP contribution is 2.40. The molecule has 1 aliphatic heterocycles. The van der Waals surface area contributed by atoms with Gasteiger partial charge in [0.15, 0.2) is 16.7 Å². The maximum absolute atomic E-state index is 12.9. The number of amidine groups is 1. The molecular formula is C26H23BrN2O5S2. The molecule has 3 aromatic rings. The normalized spacial score (nSPS) is 15.8. The summed E-state index contributed by atoms with van der Waals surface area (Å²) in [5.41, 5.74) is 3.42. The van der Waals surface area contributed by atoms with Crippen LogP contribution in [0.2, 0.25) is 0 Å². The average molecular weight is 588 g/mol. The van der Waals surface area contributed by atoms with Gasteiger partial charge >= 0.3 is 10.1 Å². The molecule has 1 N–H and O–H groups in total. The van der Waals surface area contributed by atoms with Gasteiger partial charge < -0.3 is 14.2 Å². The molecular weight excluding hydrogens is 564 g/mol. The van der Waals surface area contributed by atoms with Crippen molar-refractivity contribution in [2.45, 2.75) is 25.7 Å². The van der Waals surface area contributed by atoms with E-state index in [1.54, 1.807) is 37.3 Å². The van der Waals surface area contributed by atoms with Gasteiger partial charge in [-0.25, -0.2) is 4.99 Å². The van der Waals surface area contributed by atoms with Gasteiger partial charge in [0.2, 0.25) is 0 Å². The smallest absolute Gasteiger partial charge is 0.339 e. The first-order valence-corrected chi connectivity index (χ1v) is 14.0. The number of carbonyl (C=O) groups excluding carboxylic acids is 1. The number of thioether (sulfide) groups is 1. The van der Waals surface area contributed by atoms with Crippen LogP contribution in [0.5, 0.6) is 11.5 Å². The summed E-state index contributed by atoms with van der Waals surface area (Å²) in [6.07, 6.45) is 1.68. The van der Waals surface area contributed by atoms with Crippen molar-refractivity contribution >= 4 is 60.6 Å². The summed E-state index contributed by atoms with van der Waals surface area (Å²) in [4.78, 5) is 17.5. The molecule has 36 heavy (non-hydrogen) atoms. The van der Waals surface area contributed by atoms with Gasteiger partial charge in [0.05, 0.1) is 21.7 Å². The number of nitrogens with zero attached hydrogens (tertiary/aromatic N) is 1. The Kier molecular flexibility index (Phi) is 7.87. The Morgan fingerprint density at radius 2 is 1.67 bits per heavy atom. The summed E-state index contributed by atoms with van der Waals surface area (Å²) in [7, 11) is -4.09. The van der Waals surface area contributed by atoms with Gasteiger partial charge in [0.1, 0.15) is 4.90 Å². The van der Waals surface area contributed by atoms with Crippen LogP contribution < -0.4 is 14.2 Å². The molecule has 0 aromatic heterocycles. The number of halogens is 1. The first-order valence-electron chi connectivity index (χ1n) is 11.0. The molecule has 4 rings (SSSR count). The summed E-state index contributed by atoms with van der Waals surface area (Å²) < 4.78 is 37.2. The number of benzene rings is 3. The van der Waals surface area contributed by atoms with Crippen LogP contribution in [0.3, 0.4) is 0 Å². The number of carbonyl (C=O) groups is 1. The van der Waals surface area contributed by atoms with Crippen molar-refractivity contribution in [1.29, 1.82) is 0 Å². The fraction of sp³-hybridized carbons (Fsp3) is 0.154. The number of nitrogens with one attached hydrogen (secondary N) is 1.